The van der Waals surface area contributed by atoms with E-state index in [1.807, 2.05) is 18.2 Å². The Labute approximate surface area is 107 Å². The summed E-state index contributed by atoms with van der Waals surface area (Å²) in [5.41, 5.74) is 2.36. The van der Waals surface area contributed by atoms with Gasteiger partial charge in [-0.05, 0) is 43.5 Å². The van der Waals surface area contributed by atoms with Crippen molar-refractivity contribution < 1.29 is 5.11 Å². The zero-order chi connectivity index (χ0) is 12.8. The lowest BCUT2D eigenvalue weighted by Crippen LogP contribution is -2.26. The summed E-state index contributed by atoms with van der Waals surface area (Å²) in [5.74, 6) is 0.323. The molecule has 0 fully saturated rings. The standard InChI is InChI=1S/C14H19N3O/c1-11(15-10-13-8-9-16-17-13)2-3-12-4-6-14(18)7-5-12/h4-9,11,15,18H,2-3,10H2,1H3,(H,16,17). The molecule has 0 amide bonds. The van der Waals surface area contributed by atoms with E-state index in [1.165, 1.54) is 5.56 Å². The van der Waals surface area contributed by atoms with E-state index >= 15 is 0 Å². The molecule has 0 aliphatic carbocycles. The lowest BCUT2D eigenvalue weighted by atomic mass is 10.1. The fraction of sp³-hybridized carbons (Fsp3) is 0.357. The Bertz CT molecular complexity index is 450. The van der Waals surface area contributed by atoms with Crippen LogP contribution in [0.25, 0.3) is 0 Å². The first-order valence-corrected chi connectivity index (χ1v) is 6.23. The molecule has 2 aromatic rings. The summed E-state index contributed by atoms with van der Waals surface area (Å²) in [5, 5.41) is 19.5. The van der Waals surface area contributed by atoms with Crippen LogP contribution in [0, 0.1) is 0 Å². The van der Waals surface area contributed by atoms with Gasteiger partial charge in [-0.25, -0.2) is 0 Å². The Kier molecular flexibility index (Phi) is 4.36. The highest BCUT2D eigenvalue weighted by molar-refractivity contribution is 5.25. The molecule has 0 aliphatic rings. The predicted octanol–water partition coefficient (Wildman–Crippen LogP) is 2.23. The smallest absolute Gasteiger partial charge is 0.115 e. The van der Waals surface area contributed by atoms with Crippen molar-refractivity contribution in [1.29, 1.82) is 0 Å². The van der Waals surface area contributed by atoms with Gasteiger partial charge in [0.05, 0.1) is 0 Å². The number of benzene rings is 1. The van der Waals surface area contributed by atoms with Crippen LogP contribution < -0.4 is 5.32 Å². The van der Waals surface area contributed by atoms with Crippen LogP contribution in [0.4, 0.5) is 0 Å². The van der Waals surface area contributed by atoms with Crippen LogP contribution in [0.3, 0.4) is 0 Å². The number of aromatic nitrogens is 2. The van der Waals surface area contributed by atoms with Gasteiger partial charge in [0.1, 0.15) is 5.75 Å². The summed E-state index contributed by atoms with van der Waals surface area (Å²) in [7, 11) is 0. The molecule has 0 aliphatic heterocycles. The molecule has 0 saturated carbocycles. The minimum Gasteiger partial charge on any atom is -0.508 e. The van der Waals surface area contributed by atoms with E-state index < -0.39 is 0 Å². The van der Waals surface area contributed by atoms with Crippen LogP contribution in [0.15, 0.2) is 36.5 Å². The minimum absolute atomic E-state index is 0.323. The second-order valence-electron chi connectivity index (χ2n) is 4.57. The van der Waals surface area contributed by atoms with Crippen molar-refractivity contribution >= 4 is 0 Å². The third kappa shape index (κ3) is 3.89. The third-order valence-corrected chi connectivity index (χ3v) is 3.00. The van der Waals surface area contributed by atoms with Crippen LogP contribution in [0.5, 0.6) is 5.75 Å². The van der Waals surface area contributed by atoms with Crippen molar-refractivity contribution in [3.8, 4) is 5.75 Å². The van der Waals surface area contributed by atoms with Crippen molar-refractivity contribution in [3.63, 3.8) is 0 Å². The molecule has 0 radical (unpaired) electrons. The first-order chi connectivity index (χ1) is 8.74. The SMILES string of the molecule is CC(CCc1ccc(O)cc1)NCc1ccn[nH]1. The Morgan fingerprint density at radius 2 is 2.06 bits per heavy atom. The summed E-state index contributed by atoms with van der Waals surface area (Å²) < 4.78 is 0. The summed E-state index contributed by atoms with van der Waals surface area (Å²) >= 11 is 0. The quantitative estimate of drug-likeness (QED) is 0.731. The van der Waals surface area contributed by atoms with Gasteiger partial charge in [0.15, 0.2) is 0 Å². The van der Waals surface area contributed by atoms with Gasteiger partial charge in [0.25, 0.3) is 0 Å². The third-order valence-electron chi connectivity index (χ3n) is 3.00. The average molecular weight is 245 g/mol. The van der Waals surface area contributed by atoms with Crippen LogP contribution in [-0.2, 0) is 13.0 Å². The number of hydrogen-bond donors (Lipinski definition) is 3. The first-order valence-electron chi connectivity index (χ1n) is 6.23. The van der Waals surface area contributed by atoms with Gasteiger partial charge >= 0.3 is 0 Å². The Hall–Kier alpha value is -1.81. The average Bonchev–Trinajstić information content (AvgIpc) is 2.89. The highest BCUT2D eigenvalue weighted by Crippen LogP contribution is 2.12. The van der Waals surface area contributed by atoms with Crippen molar-refractivity contribution in [3.05, 3.63) is 47.8 Å². The molecule has 0 spiro atoms. The van der Waals surface area contributed by atoms with E-state index in [0.717, 1.165) is 25.1 Å². The summed E-state index contributed by atoms with van der Waals surface area (Å²) in [6, 6.07) is 9.83. The second kappa shape index (κ2) is 6.21. The fourth-order valence-electron chi connectivity index (χ4n) is 1.82. The molecule has 3 N–H and O–H groups in total. The number of H-pyrrole nitrogens is 1. The van der Waals surface area contributed by atoms with Gasteiger partial charge in [0.2, 0.25) is 0 Å². The zero-order valence-electron chi connectivity index (χ0n) is 10.6. The molecule has 0 bridgehead atoms. The van der Waals surface area contributed by atoms with Gasteiger partial charge in [-0.1, -0.05) is 12.1 Å². The number of phenolic OH excluding ortho intramolecular Hbond substituents is 1. The van der Waals surface area contributed by atoms with Crippen molar-refractivity contribution in [1.82, 2.24) is 15.5 Å². The van der Waals surface area contributed by atoms with E-state index in [2.05, 4.69) is 22.4 Å². The summed E-state index contributed by atoms with van der Waals surface area (Å²) in [6.45, 7) is 2.99. The number of nitrogens with one attached hydrogen (secondary N) is 2. The molecule has 4 heteroatoms. The summed E-state index contributed by atoms with van der Waals surface area (Å²) in [6.07, 6.45) is 3.84. The van der Waals surface area contributed by atoms with E-state index in [9.17, 15) is 5.11 Å². The number of aromatic hydroxyl groups is 1. The molecule has 1 atom stereocenters. The maximum absolute atomic E-state index is 9.20. The number of aromatic amines is 1. The van der Waals surface area contributed by atoms with Gasteiger partial charge in [0, 0.05) is 24.5 Å². The van der Waals surface area contributed by atoms with Gasteiger partial charge in [-0.2, -0.15) is 5.10 Å². The molecule has 1 unspecified atom stereocenters. The van der Waals surface area contributed by atoms with Crippen LogP contribution in [0.2, 0.25) is 0 Å². The van der Waals surface area contributed by atoms with Crippen molar-refractivity contribution in [2.24, 2.45) is 0 Å². The second-order valence-corrected chi connectivity index (χ2v) is 4.57. The predicted molar refractivity (Wildman–Crippen MR) is 71.3 cm³/mol. The van der Waals surface area contributed by atoms with Crippen LogP contribution in [-0.4, -0.2) is 21.3 Å². The highest BCUT2D eigenvalue weighted by Gasteiger charge is 2.03. The molecule has 1 heterocycles. The fourth-order valence-corrected chi connectivity index (χ4v) is 1.82. The lowest BCUT2D eigenvalue weighted by molar-refractivity contribution is 0.474. The number of hydrogen-bond acceptors (Lipinski definition) is 3. The van der Waals surface area contributed by atoms with E-state index in [-0.39, 0.29) is 0 Å². The molecule has 18 heavy (non-hydrogen) atoms. The molecule has 96 valence electrons. The number of rotatable bonds is 6. The van der Waals surface area contributed by atoms with Gasteiger partial charge in [-0.3, -0.25) is 5.10 Å². The molecular weight excluding hydrogens is 226 g/mol. The Morgan fingerprint density at radius 1 is 1.28 bits per heavy atom. The molecule has 0 saturated heterocycles. The highest BCUT2D eigenvalue weighted by atomic mass is 16.3. The topological polar surface area (TPSA) is 60.9 Å². The largest absolute Gasteiger partial charge is 0.508 e. The zero-order valence-corrected chi connectivity index (χ0v) is 10.6. The maximum atomic E-state index is 9.20. The Balaban J connectivity index is 1.71. The summed E-state index contributed by atoms with van der Waals surface area (Å²) in [4.78, 5) is 0. The molecule has 2 rings (SSSR count). The minimum atomic E-state index is 0.323. The monoisotopic (exact) mass is 245 g/mol. The number of aryl methyl sites for hydroxylation is 1. The normalized spacial score (nSPS) is 12.5. The van der Waals surface area contributed by atoms with Crippen molar-refractivity contribution in [2.45, 2.75) is 32.4 Å². The van der Waals surface area contributed by atoms with Gasteiger partial charge < -0.3 is 10.4 Å². The molecular formula is C14H19N3O. The lowest BCUT2D eigenvalue weighted by Gasteiger charge is -2.13. The Morgan fingerprint density at radius 3 is 2.72 bits per heavy atom. The van der Waals surface area contributed by atoms with Crippen LogP contribution >= 0.6 is 0 Å². The first kappa shape index (κ1) is 12.6. The van der Waals surface area contributed by atoms with E-state index in [1.54, 1.807) is 18.3 Å². The van der Waals surface area contributed by atoms with E-state index in [4.69, 9.17) is 0 Å². The molecule has 1 aromatic carbocycles. The van der Waals surface area contributed by atoms with E-state index in [0.29, 0.717) is 11.8 Å². The maximum Gasteiger partial charge on any atom is 0.115 e. The van der Waals surface area contributed by atoms with Crippen molar-refractivity contribution in [2.75, 3.05) is 0 Å². The van der Waals surface area contributed by atoms with Gasteiger partial charge in [-0.15, -0.1) is 0 Å². The molecule has 4 nitrogen and oxygen atoms in total. The molecule has 1 aromatic heterocycles. The van der Waals surface area contributed by atoms with Crippen LogP contribution in [0.1, 0.15) is 24.6 Å². The number of nitrogens with zero attached hydrogens (tertiary/aromatic N) is 1. The number of phenols is 1.